The van der Waals surface area contributed by atoms with Crippen LogP contribution in [-0.4, -0.2) is 9.91 Å². The molecule has 1 aromatic heterocycles. The Kier molecular flexibility index (Phi) is 3.73. The number of pyridine rings is 1. The highest BCUT2D eigenvalue weighted by Crippen LogP contribution is 2.32. The fraction of sp³-hybridized carbons (Fsp3) is 0. The van der Waals surface area contributed by atoms with Crippen LogP contribution in [0.3, 0.4) is 0 Å². The van der Waals surface area contributed by atoms with Gasteiger partial charge in [0.05, 0.1) is 10.5 Å². The van der Waals surface area contributed by atoms with Crippen molar-refractivity contribution in [2.75, 3.05) is 0 Å². The molecule has 0 fully saturated rings. The van der Waals surface area contributed by atoms with Gasteiger partial charge in [-0.3, -0.25) is 10.1 Å². The van der Waals surface area contributed by atoms with Crippen LogP contribution in [0.4, 0.5) is 5.69 Å². The molecule has 0 N–H and O–H groups in total. The highest BCUT2D eigenvalue weighted by Gasteiger charge is 2.19. The van der Waals surface area contributed by atoms with Gasteiger partial charge in [0, 0.05) is 16.7 Å². The average Bonchev–Trinajstić information content (AvgIpc) is 2.41. The van der Waals surface area contributed by atoms with Crippen LogP contribution in [0.25, 0.3) is 0 Å². The number of nitriles is 1. The number of hydrogen-bond acceptors (Lipinski definition) is 5. The molecule has 2 rings (SSSR count). The molecule has 0 amide bonds. The molecule has 0 aliphatic rings. The second-order valence-electron chi connectivity index (χ2n) is 3.44. The Balaban J connectivity index is 2.44. The van der Waals surface area contributed by atoms with Gasteiger partial charge in [-0.25, -0.2) is 4.98 Å². The molecule has 0 aliphatic carbocycles. The second-order valence-corrected chi connectivity index (χ2v) is 4.36. The van der Waals surface area contributed by atoms with Crippen LogP contribution < -0.4 is 4.74 Å². The molecule has 0 saturated carbocycles. The quantitative estimate of drug-likeness (QED) is 0.638. The fourth-order valence-electron chi connectivity index (χ4n) is 1.38. The predicted molar refractivity (Wildman–Crippen MR) is 69.8 cm³/mol. The summed E-state index contributed by atoms with van der Waals surface area (Å²) in [4.78, 5) is 14.2. The van der Waals surface area contributed by atoms with Gasteiger partial charge >= 0.3 is 5.69 Å². The van der Waals surface area contributed by atoms with Gasteiger partial charge in [0.15, 0.2) is 0 Å². The zero-order chi connectivity index (χ0) is 13.8. The summed E-state index contributed by atoms with van der Waals surface area (Å²) in [5.41, 5.74) is 0.00337. The van der Waals surface area contributed by atoms with Crippen LogP contribution in [0, 0.1) is 21.4 Å². The molecular formula is C12H6BrN3O3. The number of aromatic nitrogens is 1. The first-order chi connectivity index (χ1) is 9.11. The van der Waals surface area contributed by atoms with E-state index in [-0.39, 0.29) is 22.9 Å². The van der Waals surface area contributed by atoms with E-state index in [1.54, 1.807) is 24.3 Å². The Morgan fingerprint density at radius 3 is 2.84 bits per heavy atom. The van der Waals surface area contributed by atoms with Crippen LogP contribution in [0.5, 0.6) is 11.6 Å². The lowest BCUT2D eigenvalue weighted by molar-refractivity contribution is -0.386. The number of rotatable bonds is 3. The van der Waals surface area contributed by atoms with E-state index in [2.05, 4.69) is 20.9 Å². The van der Waals surface area contributed by atoms with E-state index in [0.29, 0.717) is 4.47 Å². The van der Waals surface area contributed by atoms with Gasteiger partial charge < -0.3 is 4.74 Å². The normalized spacial score (nSPS) is 9.68. The minimum Gasteiger partial charge on any atom is -0.432 e. The Hall–Kier alpha value is -2.46. The summed E-state index contributed by atoms with van der Waals surface area (Å²) >= 11 is 3.10. The van der Waals surface area contributed by atoms with Crippen LogP contribution >= 0.6 is 15.9 Å². The largest absolute Gasteiger partial charge is 0.432 e. The first-order valence-corrected chi connectivity index (χ1v) is 5.88. The van der Waals surface area contributed by atoms with Crippen molar-refractivity contribution in [1.29, 1.82) is 5.26 Å². The summed E-state index contributed by atoms with van der Waals surface area (Å²) in [6.45, 7) is 0. The lowest BCUT2D eigenvalue weighted by Crippen LogP contribution is -1.97. The molecule has 0 spiro atoms. The summed E-state index contributed by atoms with van der Waals surface area (Å²) in [6, 6.07) is 9.68. The Morgan fingerprint density at radius 2 is 2.16 bits per heavy atom. The van der Waals surface area contributed by atoms with Crippen molar-refractivity contribution in [3.8, 4) is 17.7 Å². The van der Waals surface area contributed by atoms with Gasteiger partial charge in [-0.15, -0.1) is 0 Å². The molecule has 0 aliphatic heterocycles. The monoisotopic (exact) mass is 319 g/mol. The van der Waals surface area contributed by atoms with E-state index in [9.17, 15) is 10.1 Å². The molecule has 7 heteroatoms. The van der Waals surface area contributed by atoms with Gasteiger partial charge in [0.25, 0.3) is 5.88 Å². The highest BCUT2D eigenvalue weighted by molar-refractivity contribution is 9.10. The molecule has 0 atom stereocenters. The third-order valence-electron chi connectivity index (χ3n) is 2.21. The number of ether oxygens (including phenoxy) is 1. The maximum atomic E-state index is 10.9. The summed E-state index contributed by atoms with van der Waals surface area (Å²) in [6.07, 6.45) is 1.39. The van der Waals surface area contributed by atoms with Crippen LogP contribution in [-0.2, 0) is 0 Å². The van der Waals surface area contributed by atoms with Crippen molar-refractivity contribution in [3.05, 3.63) is 56.7 Å². The van der Waals surface area contributed by atoms with Crippen molar-refractivity contribution >= 4 is 21.6 Å². The zero-order valence-electron chi connectivity index (χ0n) is 9.41. The van der Waals surface area contributed by atoms with Crippen molar-refractivity contribution in [2.45, 2.75) is 0 Å². The zero-order valence-corrected chi connectivity index (χ0v) is 11.0. The minimum absolute atomic E-state index is 0.157. The number of para-hydroxylation sites is 1. The van der Waals surface area contributed by atoms with Gasteiger partial charge in [-0.1, -0.05) is 12.1 Å². The standard InChI is InChI=1S/C12H6BrN3O3/c13-9-5-10(16(17)18)12(15-7-9)19-11-4-2-1-3-8(11)6-14/h1-5,7H. The smallest absolute Gasteiger partial charge is 0.332 e. The molecule has 19 heavy (non-hydrogen) atoms. The average molecular weight is 320 g/mol. The molecule has 0 radical (unpaired) electrons. The molecule has 1 heterocycles. The topological polar surface area (TPSA) is 89.0 Å². The molecule has 94 valence electrons. The molecule has 0 saturated heterocycles. The number of halogens is 1. The summed E-state index contributed by atoms with van der Waals surface area (Å²) < 4.78 is 5.82. The van der Waals surface area contributed by atoms with Crippen LogP contribution in [0.1, 0.15) is 5.56 Å². The molecular weight excluding hydrogens is 314 g/mol. The van der Waals surface area contributed by atoms with Crippen molar-refractivity contribution in [3.63, 3.8) is 0 Å². The van der Waals surface area contributed by atoms with E-state index in [1.165, 1.54) is 12.3 Å². The lowest BCUT2D eigenvalue weighted by Gasteiger charge is -2.06. The Bertz CT molecular complexity index is 682. The SMILES string of the molecule is N#Cc1ccccc1Oc1ncc(Br)cc1[N+](=O)[O-]. The number of nitrogens with zero attached hydrogens (tertiary/aromatic N) is 3. The molecule has 1 aromatic carbocycles. The van der Waals surface area contributed by atoms with Gasteiger partial charge in [0.2, 0.25) is 0 Å². The van der Waals surface area contributed by atoms with E-state index in [1.807, 2.05) is 6.07 Å². The van der Waals surface area contributed by atoms with Crippen molar-refractivity contribution in [1.82, 2.24) is 4.98 Å². The van der Waals surface area contributed by atoms with E-state index >= 15 is 0 Å². The second kappa shape index (κ2) is 5.46. The van der Waals surface area contributed by atoms with Gasteiger partial charge in [-0.2, -0.15) is 5.26 Å². The summed E-state index contributed by atoms with van der Waals surface area (Å²) in [7, 11) is 0. The number of benzene rings is 1. The van der Waals surface area contributed by atoms with Crippen molar-refractivity contribution < 1.29 is 9.66 Å². The fourth-order valence-corrected chi connectivity index (χ4v) is 1.70. The van der Waals surface area contributed by atoms with E-state index < -0.39 is 4.92 Å². The molecule has 0 unspecified atom stereocenters. The minimum atomic E-state index is -0.595. The maximum absolute atomic E-state index is 10.9. The van der Waals surface area contributed by atoms with Crippen LogP contribution in [0.2, 0.25) is 0 Å². The van der Waals surface area contributed by atoms with Crippen molar-refractivity contribution in [2.24, 2.45) is 0 Å². The number of hydrogen-bond donors (Lipinski definition) is 0. The first-order valence-electron chi connectivity index (χ1n) is 5.08. The number of nitro groups is 1. The van der Waals surface area contributed by atoms with E-state index in [0.717, 1.165) is 0 Å². The predicted octanol–water partition coefficient (Wildman–Crippen LogP) is 3.42. The van der Waals surface area contributed by atoms with Gasteiger partial charge in [-0.05, 0) is 28.1 Å². The molecule has 0 bridgehead atoms. The molecule has 6 nitrogen and oxygen atoms in total. The lowest BCUT2D eigenvalue weighted by atomic mass is 10.2. The van der Waals surface area contributed by atoms with Gasteiger partial charge in [0.1, 0.15) is 11.8 Å². The van der Waals surface area contributed by atoms with Crippen LogP contribution in [0.15, 0.2) is 41.0 Å². The summed E-state index contributed by atoms with van der Waals surface area (Å²) in [5.74, 6) is 0.0684. The highest BCUT2D eigenvalue weighted by atomic mass is 79.9. The van der Waals surface area contributed by atoms with E-state index in [4.69, 9.17) is 10.00 Å². The Morgan fingerprint density at radius 1 is 1.42 bits per heavy atom. The third kappa shape index (κ3) is 2.86. The first kappa shape index (κ1) is 13.0. The molecule has 2 aromatic rings. The maximum Gasteiger partial charge on any atom is 0.332 e. The Labute approximate surface area is 116 Å². The summed E-state index contributed by atoms with van der Waals surface area (Å²) in [5, 5.41) is 19.8. The third-order valence-corrected chi connectivity index (χ3v) is 2.64.